The zero-order chi connectivity index (χ0) is 6.24. The number of hydrogen-bond acceptors (Lipinski definition) is 1. The lowest BCUT2D eigenvalue weighted by molar-refractivity contribution is 0.552. The van der Waals surface area contributed by atoms with Crippen molar-refractivity contribution in [3.63, 3.8) is 0 Å². The Morgan fingerprint density at radius 3 is 2.50 bits per heavy atom. The fourth-order valence-electron chi connectivity index (χ4n) is 0.327. The summed E-state index contributed by atoms with van der Waals surface area (Å²) in [5.74, 6) is 5.68. The summed E-state index contributed by atoms with van der Waals surface area (Å²) in [6.45, 7) is 1.98. The maximum Gasteiger partial charge on any atom is 0.199 e. The summed E-state index contributed by atoms with van der Waals surface area (Å²) in [4.78, 5) is 9.58. The lowest BCUT2D eigenvalue weighted by Crippen LogP contribution is -1.69. The van der Waals surface area contributed by atoms with E-state index >= 15 is 0 Å². The van der Waals surface area contributed by atoms with Gasteiger partial charge in [0.1, 0.15) is 0 Å². The zero-order valence-electron chi connectivity index (χ0n) is 5.03. The summed E-state index contributed by atoms with van der Waals surface area (Å²) in [5.41, 5.74) is 0. The third-order valence-corrected chi connectivity index (χ3v) is 0.654. The van der Waals surface area contributed by atoms with Crippen molar-refractivity contribution < 1.29 is 4.79 Å². The average molecular weight is 109 g/mol. The molecule has 0 spiro atoms. The van der Waals surface area contributed by atoms with Gasteiger partial charge in [0.15, 0.2) is 6.29 Å². The SMILES string of the molecule is CCC#CCC[C]=O. The summed E-state index contributed by atoms with van der Waals surface area (Å²) in [5, 5.41) is 0. The molecule has 43 valence electrons. The molecule has 0 aliphatic rings. The van der Waals surface area contributed by atoms with Crippen molar-refractivity contribution in [3.05, 3.63) is 0 Å². The van der Waals surface area contributed by atoms with E-state index in [0.717, 1.165) is 6.42 Å². The Balaban J connectivity index is 3.02. The van der Waals surface area contributed by atoms with E-state index in [1.54, 1.807) is 6.29 Å². The molecule has 0 amide bonds. The second kappa shape index (κ2) is 6.23. The van der Waals surface area contributed by atoms with Crippen LogP contribution in [0.25, 0.3) is 0 Å². The number of hydrogen-bond donors (Lipinski definition) is 0. The molecule has 1 nitrogen and oxygen atoms in total. The molecule has 0 atom stereocenters. The van der Waals surface area contributed by atoms with Crippen LogP contribution in [-0.2, 0) is 4.79 Å². The number of carbonyl (C=O) groups excluding carboxylic acids is 1. The molecule has 0 N–H and O–H groups in total. The highest BCUT2D eigenvalue weighted by Crippen LogP contribution is 1.79. The van der Waals surface area contributed by atoms with Gasteiger partial charge in [0.2, 0.25) is 0 Å². The zero-order valence-corrected chi connectivity index (χ0v) is 5.03. The molecule has 0 aromatic heterocycles. The van der Waals surface area contributed by atoms with Gasteiger partial charge >= 0.3 is 0 Å². The first-order chi connectivity index (χ1) is 3.91. The Bertz CT molecular complexity index is 105. The van der Waals surface area contributed by atoms with Gasteiger partial charge in [-0.3, -0.25) is 4.79 Å². The topological polar surface area (TPSA) is 17.1 Å². The molecular formula is C7H9O. The van der Waals surface area contributed by atoms with Crippen molar-refractivity contribution in [2.45, 2.75) is 26.2 Å². The Labute approximate surface area is 50.1 Å². The maximum absolute atomic E-state index is 9.58. The van der Waals surface area contributed by atoms with Crippen LogP contribution in [0.1, 0.15) is 26.2 Å². The van der Waals surface area contributed by atoms with Gasteiger partial charge in [-0.05, 0) is 0 Å². The van der Waals surface area contributed by atoms with E-state index in [1.165, 1.54) is 0 Å². The second-order valence-corrected chi connectivity index (χ2v) is 1.35. The van der Waals surface area contributed by atoms with E-state index in [-0.39, 0.29) is 0 Å². The van der Waals surface area contributed by atoms with Gasteiger partial charge in [-0.15, -0.1) is 11.8 Å². The molecule has 0 aromatic carbocycles. The third kappa shape index (κ3) is 5.23. The lowest BCUT2D eigenvalue weighted by Gasteiger charge is -1.73. The van der Waals surface area contributed by atoms with Crippen molar-refractivity contribution >= 4 is 6.29 Å². The average Bonchev–Trinajstić information content (AvgIpc) is 1.81. The van der Waals surface area contributed by atoms with Crippen LogP contribution in [0.3, 0.4) is 0 Å². The molecule has 0 fully saturated rings. The fourth-order valence-corrected chi connectivity index (χ4v) is 0.327. The minimum Gasteiger partial charge on any atom is -0.291 e. The van der Waals surface area contributed by atoms with Crippen LogP contribution in [-0.4, -0.2) is 6.29 Å². The summed E-state index contributed by atoms with van der Waals surface area (Å²) >= 11 is 0. The van der Waals surface area contributed by atoms with E-state index in [0.29, 0.717) is 12.8 Å². The van der Waals surface area contributed by atoms with Crippen molar-refractivity contribution in [1.82, 2.24) is 0 Å². The quantitative estimate of drug-likeness (QED) is 0.385. The molecule has 0 bridgehead atoms. The molecule has 8 heavy (non-hydrogen) atoms. The van der Waals surface area contributed by atoms with Gasteiger partial charge in [-0.25, -0.2) is 0 Å². The Morgan fingerprint density at radius 1 is 1.25 bits per heavy atom. The molecule has 0 aliphatic heterocycles. The van der Waals surface area contributed by atoms with Crippen LogP contribution >= 0.6 is 0 Å². The summed E-state index contributed by atoms with van der Waals surface area (Å²) in [7, 11) is 0. The molecule has 0 saturated carbocycles. The molecule has 1 heteroatoms. The third-order valence-electron chi connectivity index (χ3n) is 0.654. The molecule has 0 unspecified atom stereocenters. The maximum atomic E-state index is 9.58. The molecular weight excluding hydrogens is 100 g/mol. The Kier molecular flexibility index (Phi) is 5.63. The van der Waals surface area contributed by atoms with Crippen molar-refractivity contribution in [1.29, 1.82) is 0 Å². The Hall–Kier alpha value is -0.770. The fraction of sp³-hybridized carbons (Fsp3) is 0.571. The lowest BCUT2D eigenvalue weighted by atomic mass is 10.3. The first-order valence-corrected chi connectivity index (χ1v) is 2.72. The van der Waals surface area contributed by atoms with Crippen LogP contribution < -0.4 is 0 Å². The minimum atomic E-state index is 0.451. The summed E-state index contributed by atoms with van der Waals surface area (Å²) in [6.07, 6.45) is 3.76. The first-order valence-electron chi connectivity index (χ1n) is 2.72. The number of rotatable bonds is 2. The van der Waals surface area contributed by atoms with E-state index in [1.807, 2.05) is 6.92 Å². The monoisotopic (exact) mass is 109 g/mol. The molecule has 1 radical (unpaired) electrons. The van der Waals surface area contributed by atoms with Crippen LogP contribution in [0.15, 0.2) is 0 Å². The standard InChI is InChI=1S/C7H9O/c1-2-3-4-5-6-7-8/h2,5-6H2,1H3. The molecule has 0 heterocycles. The van der Waals surface area contributed by atoms with E-state index in [2.05, 4.69) is 11.8 Å². The van der Waals surface area contributed by atoms with Crippen molar-refractivity contribution in [2.75, 3.05) is 0 Å². The van der Waals surface area contributed by atoms with E-state index in [9.17, 15) is 4.79 Å². The first kappa shape index (κ1) is 7.23. The molecule has 0 aliphatic carbocycles. The van der Waals surface area contributed by atoms with Gasteiger partial charge in [0, 0.05) is 19.3 Å². The molecule has 0 saturated heterocycles. The predicted octanol–water partition coefficient (Wildman–Crippen LogP) is 1.29. The van der Waals surface area contributed by atoms with E-state index < -0.39 is 0 Å². The van der Waals surface area contributed by atoms with Gasteiger partial charge in [-0.2, -0.15) is 0 Å². The van der Waals surface area contributed by atoms with Gasteiger partial charge in [0.05, 0.1) is 0 Å². The normalized spacial score (nSPS) is 7.12. The largest absolute Gasteiger partial charge is 0.291 e. The van der Waals surface area contributed by atoms with Crippen LogP contribution in [0.4, 0.5) is 0 Å². The van der Waals surface area contributed by atoms with Crippen LogP contribution in [0.2, 0.25) is 0 Å². The van der Waals surface area contributed by atoms with Crippen LogP contribution in [0.5, 0.6) is 0 Å². The molecule has 0 aromatic rings. The molecule has 0 rings (SSSR count). The minimum absolute atomic E-state index is 0.451. The van der Waals surface area contributed by atoms with Crippen molar-refractivity contribution in [3.8, 4) is 11.8 Å². The van der Waals surface area contributed by atoms with Crippen LogP contribution in [0, 0.1) is 11.8 Å². The Morgan fingerprint density at radius 2 is 2.00 bits per heavy atom. The second-order valence-electron chi connectivity index (χ2n) is 1.35. The highest BCUT2D eigenvalue weighted by molar-refractivity contribution is 5.50. The van der Waals surface area contributed by atoms with Gasteiger partial charge in [-0.1, -0.05) is 6.92 Å². The van der Waals surface area contributed by atoms with Crippen molar-refractivity contribution in [2.24, 2.45) is 0 Å². The number of unbranched alkanes of at least 4 members (excludes halogenated alkanes) is 1. The summed E-state index contributed by atoms with van der Waals surface area (Å²) in [6, 6.07) is 0. The van der Waals surface area contributed by atoms with Gasteiger partial charge in [0.25, 0.3) is 0 Å². The summed E-state index contributed by atoms with van der Waals surface area (Å²) < 4.78 is 0. The highest BCUT2D eigenvalue weighted by Gasteiger charge is 1.74. The predicted molar refractivity (Wildman–Crippen MR) is 33.0 cm³/mol. The highest BCUT2D eigenvalue weighted by atomic mass is 16.1. The smallest absolute Gasteiger partial charge is 0.199 e. The van der Waals surface area contributed by atoms with Gasteiger partial charge < -0.3 is 0 Å². The van der Waals surface area contributed by atoms with E-state index in [4.69, 9.17) is 0 Å².